The van der Waals surface area contributed by atoms with Gasteiger partial charge in [-0.05, 0) is 83.0 Å². The normalized spacial score (nSPS) is 16.9. The van der Waals surface area contributed by atoms with Crippen molar-refractivity contribution in [1.29, 1.82) is 0 Å². The maximum Gasteiger partial charge on any atom is 0.306 e. The fourth-order valence-electron chi connectivity index (χ4n) is 5.16. The van der Waals surface area contributed by atoms with Crippen LogP contribution in [-0.2, 0) is 11.2 Å². The molecule has 3 aromatic rings. The number of carbonyl (C=O) groups is 1. The van der Waals surface area contributed by atoms with Gasteiger partial charge in [-0.3, -0.25) is 4.79 Å². The molecule has 5 rings (SSSR count). The summed E-state index contributed by atoms with van der Waals surface area (Å²) in [5, 5.41) is 9.62. The molecule has 1 aromatic heterocycles. The Morgan fingerprint density at radius 1 is 1.09 bits per heavy atom. The molecular weight excluding hydrogens is 429 g/mol. The number of aromatic nitrogens is 1. The molecule has 174 valence electrons. The number of aryl methyl sites for hydroxylation is 1. The van der Waals surface area contributed by atoms with Crippen LogP contribution in [-0.4, -0.2) is 23.2 Å². The lowest BCUT2D eigenvalue weighted by atomic mass is 9.80. The Morgan fingerprint density at radius 2 is 1.88 bits per heavy atom. The molecule has 2 aromatic carbocycles. The number of fused-ring (bicyclic) bond motifs is 1. The van der Waals surface area contributed by atoms with Crippen molar-refractivity contribution in [3.05, 3.63) is 82.8 Å². The van der Waals surface area contributed by atoms with Crippen molar-refractivity contribution >= 4 is 17.6 Å². The summed E-state index contributed by atoms with van der Waals surface area (Å²) in [6.45, 7) is 1.81. The maximum atomic E-state index is 15.2. The molecule has 0 amide bonds. The minimum atomic E-state index is -0.750. The Kier molecular flexibility index (Phi) is 5.94. The van der Waals surface area contributed by atoms with E-state index in [9.17, 15) is 9.90 Å². The van der Waals surface area contributed by atoms with Crippen LogP contribution in [0.1, 0.15) is 54.4 Å². The number of pyridine rings is 1. The fourth-order valence-corrected chi connectivity index (χ4v) is 5.16. The summed E-state index contributed by atoms with van der Waals surface area (Å²) < 4.78 is 20.4. The van der Waals surface area contributed by atoms with Gasteiger partial charge < -0.3 is 9.84 Å². The molecule has 2 aliphatic rings. The molecule has 1 saturated carbocycles. The highest BCUT2D eigenvalue weighted by Crippen LogP contribution is 2.47. The van der Waals surface area contributed by atoms with Crippen LogP contribution in [0.2, 0.25) is 0 Å². The van der Waals surface area contributed by atoms with Crippen LogP contribution in [0.25, 0.3) is 22.8 Å². The first-order valence-electron chi connectivity index (χ1n) is 11.8. The van der Waals surface area contributed by atoms with Crippen molar-refractivity contribution in [3.8, 4) is 17.0 Å². The zero-order chi connectivity index (χ0) is 23.8. The molecule has 0 unspecified atom stereocenters. The Bertz CT molecular complexity index is 1280. The number of halogens is 1. The summed E-state index contributed by atoms with van der Waals surface area (Å²) >= 11 is 0. The highest BCUT2D eigenvalue weighted by atomic mass is 19.1. The molecule has 2 aliphatic carbocycles. The van der Waals surface area contributed by atoms with Crippen LogP contribution in [0.4, 0.5) is 4.39 Å². The van der Waals surface area contributed by atoms with Gasteiger partial charge in [0.2, 0.25) is 5.88 Å². The largest absolute Gasteiger partial charge is 0.481 e. The van der Waals surface area contributed by atoms with Crippen molar-refractivity contribution in [2.45, 2.75) is 38.5 Å². The number of ether oxygens (including phenoxy) is 1. The molecule has 1 fully saturated rings. The number of allylic oxidation sites excluding steroid dienone is 1. The standard InChI is InChI=1S/C29H28FNO3/c1-17(29(32)33)28(19-5-6-19)23-8-4-18-3-7-22(13-24(18)14-23)25-10-9-20(15-26(25)30)21-11-12-31-27(16-21)34-2/h4,8-17,19,28H,3,5-7H2,1-2H3,(H,32,33)/t17-,28-/m0/s1. The van der Waals surface area contributed by atoms with E-state index >= 15 is 4.39 Å². The average Bonchev–Trinajstić information content (AvgIpc) is 3.68. The number of rotatable bonds is 7. The number of hydrogen-bond donors (Lipinski definition) is 1. The second-order valence-electron chi connectivity index (χ2n) is 9.40. The topological polar surface area (TPSA) is 59.4 Å². The second kappa shape index (κ2) is 9.05. The van der Waals surface area contributed by atoms with Crippen molar-refractivity contribution in [3.63, 3.8) is 0 Å². The second-order valence-corrected chi connectivity index (χ2v) is 9.40. The molecule has 0 spiro atoms. The third-order valence-corrected chi connectivity index (χ3v) is 7.20. The fraction of sp³-hybridized carbons (Fsp3) is 0.310. The summed E-state index contributed by atoms with van der Waals surface area (Å²) in [6.07, 6.45) is 7.50. The average molecular weight is 458 g/mol. The first-order chi connectivity index (χ1) is 16.4. The molecule has 0 bridgehead atoms. The van der Waals surface area contributed by atoms with E-state index in [4.69, 9.17) is 4.74 Å². The van der Waals surface area contributed by atoms with Crippen LogP contribution in [0.3, 0.4) is 0 Å². The number of carboxylic acids is 1. The predicted octanol–water partition coefficient (Wildman–Crippen LogP) is 6.60. The smallest absolute Gasteiger partial charge is 0.306 e. The third kappa shape index (κ3) is 4.35. The lowest BCUT2D eigenvalue weighted by molar-refractivity contribution is -0.142. The van der Waals surface area contributed by atoms with E-state index in [0.717, 1.165) is 53.5 Å². The van der Waals surface area contributed by atoms with E-state index in [1.807, 2.05) is 18.2 Å². The zero-order valence-electron chi connectivity index (χ0n) is 19.4. The van der Waals surface area contributed by atoms with E-state index in [-0.39, 0.29) is 11.7 Å². The Balaban J connectivity index is 1.46. The van der Waals surface area contributed by atoms with E-state index in [0.29, 0.717) is 17.4 Å². The minimum absolute atomic E-state index is 0.0231. The quantitative estimate of drug-likeness (QED) is 0.434. The van der Waals surface area contributed by atoms with Crippen LogP contribution >= 0.6 is 0 Å². The Labute approximate surface area is 199 Å². The number of benzene rings is 2. The Morgan fingerprint density at radius 3 is 2.59 bits per heavy atom. The molecule has 0 aliphatic heterocycles. The minimum Gasteiger partial charge on any atom is -0.481 e. The van der Waals surface area contributed by atoms with Crippen molar-refractivity contribution in [2.24, 2.45) is 11.8 Å². The van der Waals surface area contributed by atoms with Gasteiger partial charge in [0.05, 0.1) is 13.0 Å². The molecule has 1 N–H and O–H groups in total. The van der Waals surface area contributed by atoms with Gasteiger partial charge >= 0.3 is 5.97 Å². The number of nitrogens with zero attached hydrogens (tertiary/aromatic N) is 1. The summed E-state index contributed by atoms with van der Waals surface area (Å²) in [5.74, 6) is -0.474. The summed E-state index contributed by atoms with van der Waals surface area (Å²) in [6, 6.07) is 15.3. The number of methoxy groups -OCH3 is 1. The van der Waals surface area contributed by atoms with E-state index in [1.165, 1.54) is 5.56 Å². The lowest BCUT2D eigenvalue weighted by Crippen LogP contribution is -2.21. The highest BCUT2D eigenvalue weighted by molar-refractivity contribution is 5.85. The number of hydrogen-bond acceptors (Lipinski definition) is 3. The van der Waals surface area contributed by atoms with Crippen LogP contribution < -0.4 is 4.74 Å². The monoisotopic (exact) mass is 457 g/mol. The summed E-state index contributed by atoms with van der Waals surface area (Å²) in [4.78, 5) is 15.8. The van der Waals surface area contributed by atoms with Gasteiger partial charge in [-0.1, -0.05) is 43.3 Å². The molecule has 5 heteroatoms. The van der Waals surface area contributed by atoms with Gasteiger partial charge in [-0.25, -0.2) is 9.37 Å². The SMILES string of the molecule is COc1cc(-c2ccc(C3=Cc4cc([C@H](C5CC5)[C@H](C)C(=O)O)ccc4CC3)c(F)c2)ccn1. The van der Waals surface area contributed by atoms with Crippen LogP contribution in [0.15, 0.2) is 54.7 Å². The van der Waals surface area contributed by atoms with Crippen molar-refractivity contribution < 1.29 is 19.0 Å². The summed E-state index contributed by atoms with van der Waals surface area (Å²) in [5.41, 5.74) is 6.58. The first-order valence-corrected chi connectivity index (χ1v) is 11.8. The van der Waals surface area contributed by atoms with Gasteiger partial charge in [0.25, 0.3) is 0 Å². The van der Waals surface area contributed by atoms with E-state index in [2.05, 4.69) is 29.3 Å². The van der Waals surface area contributed by atoms with Crippen molar-refractivity contribution in [2.75, 3.05) is 7.11 Å². The van der Waals surface area contributed by atoms with Gasteiger partial charge in [0.1, 0.15) is 5.82 Å². The molecule has 2 atom stereocenters. The molecule has 0 saturated heterocycles. The molecule has 1 heterocycles. The first kappa shape index (κ1) is 22.3. The molecular formula is C29H28FNO3. The Hall–Kier alpha value is -3.47. The van der Waals surface area contributed by atoms with Gasteiger partial charge in [-0.15, -0.1) is 0 Å². The van der Waals surface area contributed by atoms with Crippen molar-refractivity contribution in [1.82, 2.24) is 4.98 Å². The third-order valence-electron chi connectivity index (χ3n) is 7.20. The zero-order valence-corrected chi connectivity index (χ0v) is 19.4. The van der Waals surface area contributed by atoms with Crippen LogP contribution in [0.5, 0.6) is 5.88 Å². The molecule has 4 nitrogen and oxygen atoms in total. The number of aliphatic carboxylic acids is 1. The van der Waals surface area contributed by atoms with E-state index in [1.54, 1.807) is 32.4 Å². The maximum absolute atomic E-state index is 15.2. The lowest BCUT2D eigenvalue weighted by Gasteiger charge is -2.24. The summed E-state index contributed by atoms with van der Waals surface area (Å²) in [7, 11) is 1.56. The van der Waals surface area contributed by atoms with E-state index < -0.39 is 11.9 Å². The molecule has 0 radical (unpaired) electrons. The van der Waals surface area contributed by atoms with Gasteiger partial charge in [0, 0.05) is 17.8 Å². The molecule has 34 heavy (non-hydrogen) atoms. The predicted molar refractivity (Wildman–Crippen MR) is 131 cm³/mol. The van der Waals surface area contributed by atoms with Crippen LogP contribution in [0, 0.1) is 17.7 Å². The highest BCUT2D eigenvalue weighted by Gasteiger charge is 2.38. The van der Waals surface area contributed by atoms with Gasteiger partial charge in [0.15, 0.2) is 0 Å². The van der Waals surface area contributed by atoms with Gasteiger partial charge in [-0.2, -0.15) is 0 Å². The number of carboxylic acid groups (broad SMARTS) is 1.